The van der Waals surface area contributed by atoms with Gasteiger partial charge in [-0.05, 0) is 12.1 Å². The lowest BCUT2D eigenvalue weighted by molar-refractivity contribution is 0.588. The number of sulfone groups is 1. The van der Waals surface area contributed by atoms with E-state index in [9.17, 15) is 21.2 Å². The van der Waals surface area contributed by atoms with E-state index in [2.05, 4.69) is 0 Å². The Morgan fingerprint density at radius 2 is 1.81 bits per heavy atom. The van der Waals surface area contributed by atoms with E-state index in [1.165, 1.54) is 0 Å². The van der Waals surface area contributed by atoms with Crippen molar-refractivity contribution < 1.29 is 21.2 Å². The van der Waals surface area contributed by atoms with Gasteiger partial charge in [0, 0.05) is 22.5 Å². The van der Waals surface area contributed by atoms with E-state index < -0.39 is 35.4 Å². The molecule has 0 aliphatic carbocycles. The fourth-order valence-corrected chi connectivity index (χ4v) is 2.64. The Labute approximate surface area is 97.4 Å². The molecule has 0 aromatic heterocycles. The molecule has 90 valence electrons. The van der Waals surface area contributed by atoms with Gasteiger partial charge in [0.1, 0.15) is 5.82 Å². The first-order chi connectivity index (χ1) is 7.09. The molecule has 0 heterocycles. The maximum atomic E-state index is 13.3. The summed E-state index contributed by atoms with van der Waals surface area (Å²) >= 11 is 0. The summed E-state index contributed by atoms with van der Waals surface area (Å²) in [7, 11) is -2.37. The molecule has 1 aromatic rings. The molecular formula is C8H8ClFO4S2. The second kappa shape index (κ2) is 4.31. The minimum Gasteiger partial charge on any atom is -0.229 e. The van der Waals surface area contributed by atoms with Crippen molar-refractivity contribution in [2.24, 2.45) is 0 Å². The number of benzene rings is 1. The first-order valence-corrected chi connectivity index (χ1v) is 8.37. The Balaban J connectivity index is 3.21. The lowest BCUT2D eigenvalue weighted by Gasteiger charge is -2.03. The van der Waals surface area contributed by atoms with Crippen molar-refractivity contribution in [1.82, 2.24) is 0 Å². The van der Waals surface area contributed by atoms with Crippen LogP contribution in [0.3, 0.4) is 0 Å². The predicted octanol–water partition coefficient (Wildman–Crippen LogP) is 1.30. The Hall–Kier alpha value is -0.660. The molecule has 0 fully saturated rings. The molecule has 0 radical (unpaired) electrons. The molecule has 0 amide bonds. The van der Waals surface area contributed by atoms with Crippen LogP contribution < -0.4 is 0 Å². The first kappa shape index (κ1) is 13.4. The molecule has 0 aliphatic heterocycles. The van der Waals surface area contributed by atoms with Gasteiger partial charge in [0.15, 0.2) is 9.84 Å². The molecule has 8 heteroatoms. The maximum absolute atomic E-state index is 13.3. The third kappa shape index (κ3) is 3.73. The predicted molar refractivity (Wildman–Crippen MR) is 58.0 cm³/mol. The van der Waals surface area contributed by atoms with E-state index in [0.29, 0.717) is 6.07 Å². The Bertz CT molecular complexity index is 607. The van der Waals surface area contributed by atoms with Crippen molar-refractivity contribution in [3.63, 3.8) is 0 Å². The zero-order valence-electron chi connectivity index (χ0n) is 8.14. The second-order valence-electron chi connectivity index (χ2n) is 3.26. The summed E-state index contributed by atoms with van der Waals surface area (Å²) in [5, 5.41) is 0. The van der Waals surface area contributed by atoms with Gasteiger partial charge in [0.05, 0.1) is 10.6 Å². The van der Waals surface area contributed by atoms with Gasteiger partial charge in [-0.1, -0.05) is 6.07 Å². The lowest BCUT2D eigenvalue weighted by Crippen LogP contribution is -2.04. The van der Waals surface area contributed by atoms with Gasteiger partial charge in [-0.15, -0.1) is 0 Å². The minimum atomic E-state index is -4.00. The number of hydrogen-bond donors (Lipinski definition) is 0. The first-order valence-electron chi connectivity index (χ1n) is 4.00. The Morgan fingerprint density at radius 3 is 2.19 bits per heavy atom. The molecule has 0 spiro atoms. The average molecular weight is 287 g/mol. The van der Waals surface area contributed by atoms with Crippen LogP contribution in [0.25, 0.3) is 0 Å². The molecule has 0 saturated carbocycles. The molecule has 1 rings (SSSR count). The van der Waals surface area contributed by atoms with Crippen molar-refractivity contribution in [2.45, 2.75) is 10.6 Å². The third-order valence-electron chi connectivity index (χ3n) is 1.72. The summed E-state index contributed by atoms with van der Waals surface area (Å²) in [4.78, 5) is -0.399. The monoisotopic (exact) mass is 286 g/mol. The summed E-state index contributed by atoms with van der Waals surface area (Å²) in [6.07, 6.45) is 0.957. The van der Waals surface area contributed by atoms with Gasteiger partial charge < -0.3 is 0 Å². The van der Waals surface area contributed by atoms with Crippen molar-refractivity contribution >= 4 is 29.6 Å². The van der Waals surface area contributed by atoms with Gasteiger partial charge in [-0.3, -0.25) is 0 Å². The minimum absolute atomic E-state index is 0.0911. The SMILES string of the molecule is CS(=O)(=O)Cc1ccc(S(=O)(=O)Cl)cc1F. The Morgan fingerprint density at radius 1 is 1.25 bits per heavy atom. The van der Waals surface area contributed by atoms with E-state index in [4.69, 9.17) is 10.7 Å². The quantitative estimate of drug-likeness (QED) is 0.786. The van der Waals surface area contributed by atoms with Crippen LogP contribution in [0.5, 0.6) is 0 Å². The van der Waals surface area contributed by atoms with Gasteiger partial charge in [-0.25, -0.2) is 21.2 Å². The molecule has 0 unspecified atom stereocenters. The highest BCUT2D eigenvalue weighted by Gasteiger charge is 2.15. The van der Waals surface area contributed by atoms with Gasteiger partial charge >= 0.3 is 0 Å². The van der Waals surface area contributed by atoms with E-state index in [1.54, 1.807) is 0 Å². The summed E-state index contributed by atoms with van der Waals surface area (Å²) < 4.78 is 56.9. The van der Waals surface area contributed by atoms with Gasteiger partial charge in [-0.2, -0.15) is 0 Å². The molecule has 0 N–H and O–H groups in total. The number of halogens is 2. The van der Waals surface area contributed by atoms with E-state index >= 15 is 0 Å². The van der Waals surface area contributed by atoms with Crippen molar-refractivity contribution in [2.75, 3.05) is 6.26 Å². The lowest BCUT2D eigenvalue weighted by atomic mass is 10.2. The van der Waals surface area contributed by atoms with Crippen LogP contribution in [-0.2, 0) is 24.6 Å². The van der Waals surface area contributed by atoms with E-state index in [1.807, 2.05) is 0 Å². The molecule has 16 heavy (non-hydrogen) atoms. The summed E-state index contributed by atoms with van der Waals surface area (Å²) in [5.41, 5.74) is -0.0911. The van der Waals surface area contributed by atoms with Crippen LogP contribution in [-0.4, -0.2) is 23.1 Å². The molecule has 1 aromatic carbocycles. The van der Waals surface area contributed by atoms with Gasteiger partial charge in [0.25, 0.3) is 9.05 Å². The molecule has 0 bridgehead atoms. The van der Waals surface area contributed by atoms with Crippen LogP contribution in [0.2, 0.25) is 0 Å². The van der Waals surface area contributed by atoms with Crippen LogP contribution in [0.15, 0.2) is 23.1 Å². The topological polar surface area (TPSA) is 68.3 Å². The summed E-state index contributed by atoms with van der Waals surface area (Å²) in [6, 6.07) is 2.85. The Kier molecular flexibility index (Phi) is 3.61. The molecule has 4 nitrogen and oxygen atoms in total. The smallest absolute Gasteiger partial charge is 0.229 e. The number of rotatable bonds is 3. The largest absolute Gasteiger partial charge is 0.261 e. The highest BCUT2D eigenvalue weighted by Crippen LogP contribution is 2.19. The zero-order chi connectivity index (χ0) is 12.6. The van der Waals surface area contributed by atoms with Crippen LogP contribution >= 0.6 is 10.7 Å². The highest BCUT2D eigenvalue weighted by molar-refractivity contribution is 8.13. The van der Waals surface area contributed by atoms with E-state index in [-0.39, 0.29) is 5.56 Å². The summed E-state index contributed by atoms with van der Waals surface area (Å²) in [6.45, 7) is 0. The van der Waals surface area contributed by atoms with Crippen molar-refractivity contribution in [3.8, 4) is 0 Å². The molecular weight excluding hydrogens is 279 g/mol. The standard InChI is InChI=1S/C8H8ClFO4S2/c1-15(11,12)5-6-2-3-7(4-8(6)10)16(9,13)14/h2-4H,5H2,1H3. The van der Waals surface area contributed by atoms with E-state index in [0.717, 1.165) is 18.4 Å². The van der Waals surface area contributed by atoms with Crippen LogP contribution in [0, 0.1) is 5.82 Å². The average Bonchev–Trinajstić information content (AvgIpc) is 2.04. The molecule has 0 aliphatic rings. The summed E-state index contributed by atoms with van der Waals surface area (Å²) in [5.74, 6) is -1.39. The highest BCUT2D eigenvalue weighted by atomic mass is 35.7. The molecule has 0 saturated heterocycles. The second-order valence-corrected chi connectivity index (χ2v) is 7.97. The number of hydrogen-bond acceptors (Lipinski definition) is 4. The fraction of sp³-hybridized carbons (Fsp3) is 0.250. The van der Waals surface area contributed by atoms with Crippen LogP contribution in [0.4, 0.5) is 4.39 Å². The zero-order valence-corrected chi connectivity index (χ0v) is 10.5. The van der Waals surface area contributed by atoms with Crippen molar-refractivity contribution in [3.05, 3.63) is 29.6 Å². The van der Waals surface area contributed by atoms with Crippen LogP contribution in [0.1, 0.15) is 5.56 Å². The fourth-order valence-electron chi connectivity index (χ4n) is 1.08. The van der Waals surface area contributed by atoms with Crippen molar-refractivity contribution in [1.29, 1.82) is 0 Å². The van der Waals surface area contributed by atoms with Gasteiger partial charge in [0.2, 0.25) is 0 Å². The normalized spacial score (nSPS) is 12.7. The third-order valence-corrected chi connectivity index (χ3v) is 3.91. The molecule has 0 atom stereocenters. The maximum Gasteiger partial charge on any atom is 0.261 e.